The van der Waals surface area contributed by atoms with E-state index in [1.54, 1.807) is 16.2 Å². The second kappa shape index (κ2) is 6.54. The Morgan fingerprint density at radius 3 is 2.41 bits per heavy atom. The van der Waals surface area contributed by atoms with Crippen LogP contribution in [0, 0.1) is 5.41 Å². The number of hydrogen-bond acceptors (Lipinski definition) is 4. The third-order valence-electron chi connectivity index (χ3n) is 5.24. The highest BCUT2D eigenvalue weighted by atomic mass is 32.1. The Labute approximate surface area is 136 Å². The van der Waals surface area contributed by atoms with E-state index in [1.165, 1.54) is 30.9 Å². The normalized spacial score (nSPS) is 22.0. The standard InChI is InChI=1S/C16H26N4OS/c1-18(2)15(21)20-10-5-16(6-11-20)3-8-19(9-4-16)13-14-17-7-12-22-14/h7,12H,3-6,8-11,13H2,1-2H3. The van der Waals surface area contributed by atoms with E-state index < -0.39 is 0 Å². The van der Waals surface area contributed by atoms with E-state index in [2.05, 4.69) is 15.3 Å². The number of carbonyl (C=O) groups excluding carboxylic acids is 1. The predicted octanol–water partition coefficient (Wildman–Crippen LogP) is 2.50. The first-order valence-corrected chi connectivity index (χ1v) is 9.03. The number of piperidine rings is 2. The zero-order valence-electron chi connectivity index (χ0n) is 13.6. The van der Waals surface area contributed by atoms with E-state index in [-0.39, 0.29) is 6.03 Å². The maximum atomic E-state index is 12.0. The van der Waals surface area contributed by atoms with E-state index in [9.17, 15) is 4.79 Å². The molecule has 1 aromatic rings. The molecule has 1 spiro atoms. The number of hydrogen-bond donors (Lipinski definition) is 0. The fourth-order valence-corrected chi connectivity index (χ4v) is 4.32. The maximum Gasteiger partial charge on any atom is 0.319 e. The highest BCUT2D eigenvalue weighted by Gasteiger charge is 2.38. The molecule has 0 radical (unpaired) electrons. The lowest BCUT2D eigenvalue weighted by molar-refractivity contribution is 0.0388. The summed E-state index contributed by atoms with van der Waals surface area (Å²) in [7, 11) is 3.67. The molecule has 2 aliphatic heterocycles. The van der Waals surface area contributed by atoms with Crippen molar-refractivity contribution in [1.29, 1.82) is 0 Å². The highest BCUT2D eigenvalue weighted by molar-refractivity contribution is 7.09. The first-order valence-electron chi connectivity index (χ1n) is 8.15. The van der Waals surface area contributed by atoms with Crippen molar-refractivity contribution in [2.24, 2.45) is 5.41 Å². The largest absolute Gasteiger partial charge is 0.331 e. The summed E-state index contributed by atoms with van der Waals surface area (Å²) in [5.41, 5.74) is 0.475. The first kappa shape index (κ1) is 15.7. The van der Waals surface area contributed by atoms with Gasteiger partial charge in [0.1, 0.15) is 5.01 Å². The number of aromatic nitrogens is 1. The molecule has 0 unspecified atom stereocenters. The minimum absolute atomic E-state index is 0.163. The summed E-state index contributed by atoms with van der Waals surface area (Å²) in [5.74, 6) is 0. The average Bonchev–Trinajstić information content (AvgIpc) is 3.03. The van der Waals surface area contributed by atoms with Crippen LogP contribution in [-0.2, 0) is 6.54 Å². The van der Waals surface area contributed by atoms with Gasteiger partial charge in [-0.25, -0.2) is 9.78 Å². The Bertz CT molecular complexity index is 484. The van der Waals surface area contributed by atoms with Crippen LogP contribution in [0.1, 0.15) is 30.7 Å². The van der Waals surface area contributed by atoms with Crippen LogP contribution >= 0.6 is 11.3 Å². The van der Waals surface area contributed by atoms with Gasteiger partial charge in [0.15, 0.2) is 0 Å². The number of likely N-dealkylation sites (tertiary alicyclic amines) is 2. The van der Waals surface area contributed by atoms with Gasteiger partial charge in [-0.1, -0.05) is 0 Å². The molecule has 3 heterocycles. The Balaban J connectivity index is 1.48. The van der Waals surface area contributed by atoms with Gasteiger partial charge in [0.2, 0.25) is 0 Å². The van der Waals surface area contributed by atoms with Crippen molar-refractivity contribution in [3.63, 3.8) is 0 Å². The van der Waals surface area contributed by atoms with Gasteiger partial charge in [0.25, 0.3) is 0 Å². The first-order chi connectivity index (χ1) is 10.6. The van der Waals surface area contributed by atoms with Gasteiger partial charge < -0.3 is 9.80 Å². The van der Waals surface area contributed by atoms with Crippen molar-refractivity contribution in [1.82, 2.24) is 19.7 Å². The van der Waals surface area contributed by atoms with E-state index in [0.717, 1.165) is 32.5 Å². The molecule has 2 aliphatic rings. The second-order valence-corrected chi connectivity index (χ2v) is 7.85. The van der Waals surface area contributed by atoms with Gasteiger partial charge in [-0.3, -0.25) is 4.90 Å². The average molecular weight is 322 g/mol. The second-order valence-electron chi connectivity index (χ2n) is 6.87. The fourth-order valence-electron chi connectivity index (χ4n) is 3.66. The zero-order valence-corrected chi connectivity index (χ0v) is 14.4. The number of rotatable bonds is 2. The van der Waals surface area contributed by atoms with Gasteiger partial charge in [-0.05, 0) is 44.2 Å². The van der Waals surface area contributed by atoms with Crippen LogP contribution in [0.2, 0.25) is 0 Å². The van der Waals surface area contributed by atoms with Crippen LogP contribution in [-0.4, -0.2) is 66.0 Å². The zero-order chi connectivity index (χ0) is 15.6. The Kier molecular flexibility index (Phi) is 4.68. The maximum absolute atomic E-state index is 12.0. The molecule has 6 heteroatoms. The van der Waals surface area contributed by atoms with Crippen LogP contribution in [0.4, 0.5) is 4.79 Å². The van der Waals surface area contributed by atoms with E-state index in [4.69, 9.17) is 0 Å². The molecule has 0 aromatic carbocycles. The molecule has 0 atom stereocenters. The highest BCUT2D eigenvalue weighted by Crippen LogP contribution is 2.41. The molecule has 0 bridgehead atoms. The van der Waals surface area contributed by atoms with E-state index in [1.807, 2.05) is 25.2 Å². The molecule has 2 saturated heterocycles. The number of thiazole rings is 1. The molecule has 5 nitrogen and oxygen atoms in total. The number of carbonyl (C=O) groups is 1. The topological polar surface area (TPSA) is 39.7 Å². The van der Waals surface area contributed by atoms with E-state index >= 15 is 0 Å². The molecule has 0 aliphatic carbocycles. The Morgan fingerprint density at radius 2 is 1.86 bits per heavy atom. The summed E-state index contributed by atoms with van der Waals surface area (Å²) in [6.07, 6.45) is 6.75. The quantitative estimate of drug-likeness (QED) is 0.840. The number of urea groups is 1. The summed E-state index contributed by atoms with van der Waals surface area (Å²) < 4.78 is 0. The van der Waals surface area contributed by atoms with Crippen molar-refractivity contribution >= 4 is 17.4 Å². The molecule has 22 heavy (non-hydrogen) atoms. The fraction of sp³-hybridized carbons (Fsp3) is 0.750. The van der Waals surface area contributed by atoms with Gasteiger partial charge in [-0.15, -0.1) is 11.3 Å². The van der Waals surface area contributed by atoms with Crippen LogP contribution in [0.5, 0.6) is 0 Å². The number of nitrogens with zero attached hydrogens (tertiary/aromatic N) is 4. The third-order valence-corrected chi connectivity index (χ3v) is 6.00. The summed E-state index contributed by atoms with van der Waals surface area (Å²) in [4.78, 5) is 22.7. The van der Waals surface area contributed by atoms with Crippen molar-refractivity contribution in [2.75, 3.05) is 40.3 Å². The lowest BCUT2D eigenvalue weighted by Gasteiger charge is -2.47. The Morgan fingerprint density at radius 1 is 1.23 bits per heavy atom. The van der Waals surface area contributed by atoms with Gasteiger partial charge >= 0.3 is 6.03 Å². The van der Waals surface area contributed by atoms with Crippen LogP contribution in [0.25, 0.3) is 0 Å². The predicted molar refractivity (Wildman–Crippen MR) is 88.9 cm³/mol. The summed E-state index contributed by atoms with van der Waals surface area (Å²) in [5, 5.41) is 3.28. The van der Waals surface area contributed by atoms with Crippen molar-refractivity contribution in [3.8, 4) is 0 Å². The van der Waals surface area contributed by atoms with Gasteiger partial charge in [0, 0.05) is 38.8 Å². The SMILES string of the molecule is CN(C)C(=O)N1CCC2(CCN(Cc3nccs3)CC2)CC1. The smallest absolute Gasteiger partial charge is 0.319 e. The third kappa shape index (κ3) is 3.43. The summed E-state index contributed by atoms with van der Waals surface area (Å²) in [6, 6.07) is 0.163. The van der Waals surface area contributed by atoms with E-state index in [0.29, 0.717) is 5.41 Å². The molecule has 0 saturated carbocycles. The molecular weight excluding hydrogens is 296 g/mol. The summed E-state index contributed by atoms with van der Waals surface area (Å²) in [6.45, 7) is 5.17. The van der Waals surface area contributed by atoms with Crippen LogP contribution in [0.3, 0.4) is 0 Å². The van der Waals surface area contributed by atoms with Crippen molar-refractivity contribution in [2.45, 2.75) is 32.2 Å². The van der Waals surface area contributed by atoms with Gasteiger partial charge in [0.05, 0.1) is 6.54 Å². The summed E-state index contributed by atoms with van der Waals surface area (Å²) >= 11 is 1.75. The molecule has 0 N–H and O–H groups in total. The lowest BCUT2D eigenvalue weighted by atomic mass is 9.71. The van der Waals surface area contributed by atoms with Crippen molar-refractivity contribution < 1.29 is 4.79 Å². The monoisotopic (exact) mass is 322 g/mol. The molecule has 1 aromatic heterocycles. The van der Waals surface area contributed by atoms with Gasteiger partial charge in [-0.2, -0.15) is 0 Å². The molecular formula is C16H26N4OS. The molecule has 122 valence electrons. The lowest BCUT2D eigenvalue weighted by Crippen LogP contribution is -2.50. The van der Waals surface area contributed by atoms with Crippen molar-refractivity contribution in [3.05, 3.63) is 16.6 Å². The number of amides is 2. The molecule has 2 fully saturated rings. The minimum Gasteiger partial charge on any atom is -0.331 e. The Hall–Kier alpha value is -1.14. The van der Waals surface area contributed by atoms with Crippen LogP contribution < -0.4 is 0 Å². The molecule has 2 amide bonds. The minimum atomic E-state index is 0.163. The van der Waals surface area contributed by atoms with Crippen LogP contribution in [0.15, 0.2) is 11.6 Å². The molecule has 3 rings (SSSR count).